The Morgan fingerprint density at radius 3 is 2.58 bits per heavy atom. The Balaban J connectivity index is 1.42. The van der Waals surface area contributed by atoms with Gasteiger partial charge in [0.15, 0.2) is 0 Å². The van der Waals surface area contributed by atoms with Crippen LogP contribution in [0.2, 0.25) is 0 Å². The molecule has 1 aliphatic heterocycles. The van der Waals surface area contributed by atoms with E-state index in [2.05, 4.69) is 34.9 Å². The summed E-state index contributed by atoms with van der Waals surface area (Å²) in [5, 5.41) is 7.48. The lowest BCUT2D eigenvalue weighted by Gasteiger charge is -2.29. The van der Waals surface area contributed by atoms with Crippen molar-refractivity contribution in [1.82, 2.24) is 10.6 Å². The molecule has 2 aliphatic carbocycles. The molecule has 3 aliphatic rings. The second-order valence-corrected chi connectivity index (χ2v) is 6.64. The molecule has 1 aromatic carbocycles. The average Bonchev–Trinajstić information content (AvgIpc) is 3.33. The highest BCUT2D eigenvalue weighted by atomic mass is 15.0. The normalized spacial score (nSPS) is 26.5. The molecule has 0 saturated heterocycles. The molecule has 2 fully saturated rings. The Bertz CT molecular complexity index is 436. The van der Waals surface area contributed by atoms with Crippen LogP contribution in [0.4, 0.5) is 0 Å². The van der Waals surface area contributed by atoms with Crippen LogP contribution in [-0.4, -0.2) is 19.1 Å². The first-order valence-corrected chi connectivity index (χ1v) is 7.94. The zero-order valence-electron chi connectivity index (χ0n) is 11.6. The minimum Gasteiger partial charge on any atom is -0.313 e. The van der Waals surface area contributed by atoms with E-state index in [4.69, 9.17) is 0 Å². The smallest absolute Gasteiger partial charge is 0.0208 e. The van der Waals surface area contributed by atoms with Gasteiger partial charge in [-0.05, 0) is 48.6 Å². The summed E-state index contributed by atoms with van der Waals surface area (Å²) in [6, 6.07) is 9.78. The molecule has 0 aromatic heterocycles. The Hall–Kier alpha value is -0.860. The van der Waals surface area contributed by atoms with Crippen LogP contribution < -0.4 is 10.6 Å². The SMILES string of the molecule is c1ccc2c(c1)CNCC2CNC(C1CC1)C1CC1. The van der Waals surface area contributed by atoms with Gasteiger partial charge >= 0.3 is 0 Å². The maximum absolute atomic E-state index is 3.91. The lowest BCUT2D eigenvalue weighted by atomic mass is 9.90. The van der Waals surface area contributed by atoms with Crippen LogP contribution in [0.5, 0.6) is 0 Å². The van der Waals surface area contributed by atoms with Gasteiger partial charge in [0.1, 0.15) is 0 Å². The molecule has 0 amide bonds. The van der Waals surface area contributed by atoms with E-state index in [1.807, 2.05) is 0 Å². The summed E-state index contributed by atoms with van der Waals surface area (Å²) in [6.45, 7) is 3.33. The fourth-order valence-corrected chi connectivity index (χ4v) is 3.67. The molecular weight excluding hydrogens is 232 g/mol. The first kappa shape index (κ1) is 11.9. The number of hydrogen-bond donors (Lipinski definition) is 2. The van der Waals surface area contributed by atoms with Gasteiger partial charge < -0.3 is 10.6 Å². The minimum absolute atomic E-state index is 0.657. The molecular formula is C17H24N2. The van der Waals surface area contributed by atoms with E-state index in [1.165, 1.54) is 31.2 Å². The number of rotatable bonds is 5. The number of fused-ring (bicyclic) bond motifs is 1. The van der Waals surface area contributed by atoms with E-state index >= 15 is 0 Å². The van der Waals surface area contributed by atoms with Gasteiger partial charge in [0, 0.05) is 31.6 Å². The van der Waals surface area contributed by atoms with Gasteiger partial charge in [-0.1, -0.05) is 24.3 Å². The molecule has 2 heteroatoms. The van der Waals surface area contributed by atoms with Crippen molar-refractivity contribution in [3.05, 3.63) is 35.4 Å². The summed E-state index contributed by atoms with van der Waals surface area (Å²) >= 11 is 0. The van der Waals surface area contributed by atoms with E-state index in [9.17, 15) is 0 Å². The Morgan fingerprint density at radius 2 is 1.84 bits per heavy atom. The number of hydrogen-bond acceptors (Lipinski definition) is 2. The largest absolute Gasteiger partial charge is 0.313 e. The molecule has 2 nitrogen and oxygen atoms in total. The van der Waals surface area contributed by atoms with Crippen LogP contribution in [0.3, 0.4) is 0 Å². The third-order valence-corrected chi connectivity index (χ3v) is 5.06. The van der Waals surface area contributed by atoms with Crippen LogP contribution in [-0.2, 0) is 6.54 Å². The lowest BCUT2D eigenvalue weighted by molar-refractivity contribution is 0.389. The molecule has 0 spiro atoms. The van der Waals surface area contributed by atoms with Gasteiger partial charge in [-0.2, -0.15) is 0 Å². The molecule has 19 heavy (non-hydrogen) atoms. The molecule has 0 bridgehead atoms. The van der Waals surface area contributed by atoms with E-state index in [1.54, 1.807) is 5.56 Å². The van der Waals surface area contributed by atoms with Gasteiger partial charge in [0.05, 0.1) is 0 Å². The van der Waals surface area contributed by atoms with Crippen molar-refractivity contribution in [3.63, 3.8) is 0 Å². The lowest BCUT2D eigenvalue weighted by Crippen LogP contribution is -2.40. The quantitative estimate of drug-likeness (QED) is 0.846. The van der Waals surface area contributed by atoms with Gasteiger partial charge in [-0.25, -0.2) is 0 Å². The van der Waals surface area contributed by atoms with Crippen LogP contribution in [0.15, 0.2) is 24.3 Å². The second kappa shape index (κ2) is 4.92. The molecule has 1 aromatic rings. The van der Waals surface area contributed by atoms with Gasteiger partial charge in [0.25, 0.3) is 0 Å². The highest BCUT2D eigenvalue weighted by Gasteiger charge is 2.41. The number of benzene rings is 1. The van der Waals surface area contributed by atoms with Crippen LogP contribution in [0.1, 0.15) is 42.7 Å². The Morgan fingerprint density at radius 1 is 1.11 bits per heavy atom. The molecule has 4 rings (SSSR count). The topological polar surface area (TPSA) is 24.1 Å². The van der Waals surface area contributed by atoms with Crippen molar-refractivity contribution in [2.45, 2.75) is 44.2 Å². The van der Waals surface area contributed by atoms with E-state index in [-0.39, 0.29) is 0 Å². The van der Waals surface area contributed by atoms with Crippen molar-refractivity contribution >= 4 is 0 Å². The van der Waals surface area contributed by atoms with Crippen LogP contribution >= 0.6 is 0 Å². The standard InChI is InChI=1S/C17H24N2/c1-2-4-16-14(3-1)9-18-10-15(16)11-19-17(12-5-6-12)13-7-8-13/h1-4,12-13,15,17-19H,5-11H2. The predicted molar refractivity (Wildman–Crippen MR) is 78.1 cm³/mol. The van der Waals surface area contributed by atoms with E-state index < -0.39 is 0 Å². The minimum atomic E-state index is 0.657. The number of nitrogens with one attached hydrogen (secondary N) is 2. The van der Waals surface area contributed by atoms with Crippen LogP contribution in [0, 0.1) is 11.8 Å². The Labute approximate surface area is 116 Å². The Kier molecular flexibility index (Phi) is 3.08. The van der Waals surface area contributed by atoms with Gasteiger partial charge in [0.2, 0.25) is 0 Å². The highest BCUT2D eigenvalue weighted by molar-refractivity contribution is 5.33. The van der Waals surface area contributed by atoms with Gasteiger partial charge in [-0.3, -0.25) is 0 Å². The third-order valence-electron chi connectivity index (χ3n) is 5.06. The molecule has 1 unspecified atom stereocenters. The zero-order valence-corrected chi connectivity index (χ0v) is 11.6. The van der Waals surface area contributed by atoms with Crippen molar-refractivity contribution in [1.29, 1.82) is 0 Å². The first-order chi connectivity index (χ1) is 9.42. The molecule has 0 radical (unpaired) electrons. The summed E-state index contributed by atoms with van der Waals surface area (Å²) in [6.07, 6.45) is 5.86. The molecule has 1 atom stereocenters. The summed E-state index contributed by atoms with van der Waals surface area (Å²) in [7, 11) is 0. The maximum atomic E-state index is 3.91. The summed E-state index contributed by atoms with van der Waals surface area (Å²) in [5.41, 5.74) is 3.06. The predicted octanol–water partition coefficient (Wildman–Crippen LogP) is 2.65. The van der Waals surface area contributed by atoms with Crippen molar-refractivity contribution < 1.29 is 0 Å². The summed E-state index contributed by atoms with van der Waals surface area (Å²) in [4.78, 5) is 0. The van der Waals surface area contributed by atoms with Crippen molar-refractivity contribution in [2.75, 3.05) is 13.1 Å². The molecule has 102 valence electrons. The van der Waals surface area contributed by atoms with Crippen LogP contribution in [0.25, 0.3) is 0 Å². The van der Waals surface area contributed by atoms with E-state index in [0.29, 0.717) is 5.92 Å². The van der Waals surface area contributed by atoms with Crippen molar-refractivity contribution in [3.8, 4) is 0 Å². The fraction of sp³-hybridized carbons (Fsp3) is 0.647. The average molecular weight is 256 g/mol. The summed E-state index contributed by atoms with van der Waals surface area (Å²) in [5.74, 6) is 2.66. The highest BCUT2D eigenvalue weighted by Crippen LogP contribution is 2.44. The first-order valence-electron chi connectivity index (χ1n) is 7.94. The third kappa shape index (κ3) is 2.56. The molecule has 2 N–H and O–H groups in total. The van der Waals surface area contributed by atoms with Gasteiger partial charge in [-0.15, -0.1) is 0 Å². The van der Waals surface area contributed by atoms with E-state index in [0.717, 1.165) is 37.5 Å². The fourth-order valence-electron chi connectivity index (χ4n) is 3.67. The monoisotopic (exact) mass is 256 g/mol. The second-order valence-electron chi connectivity index (χ2n) is 6.64. The summed E-state index contributed by atoms with van der Waals surface area (Å²) < 4.78 is 0. The zero-order chi connectivity index (χ0) is 12.7. The maximum Gasteiger partial charge on any atom is 0.0208 e. The molecule has 1 heterocycles. The molecule has 2 saturated carbocycles. The van der Waals surface area contributed by atoms with Crippen molar-refractivity contribution in [2.24, 2.45) is 11.8 Å².